The van der Waals surface area contributed by atoms with E-state index < -0.39 is 0 Å². The van der Waals surface area contributed by atoms with E-state index >= 15 is 0 Å². The van der Waals surface area contributed by atoms with E-state index in [0.717, 1.165) is 0 Å². The molecule has 0 amide bonds. The van der Waals surface area contributed by atoms with Gasteiger partial charge in [0.2, 0.25) is 0 Å². The first-order valence-corrected chi connectivity index (χ1v) is 6.75. The summed E-state index contributed by atoms with van der Waals surface area (Å²) in [4.78, 5) is 0. The molecule has 1 saturated carbocycles. The van der Waals surface area contributed by atoms with Crippen molar-refractivity contribution in [3.05, 3.63) is 60.2 Å². The molecule has 0 heterocycles. The third-order valence-corrected chi connectivity index (χ3v) is 4.04. The van der Waals surface area contributed by atoms with Gasteiger partial charge in [-0.3, -0.25) is 0 Å². The van der Waals surface area contributed by atoms with Crippen molar-refractivity contribution in [1.82, 2.24) is 0 Å². The summed E-state index contributed by atoms with van der Waals surface area (Å²) < 4.78 is 0. The number of rotatable bonds is 3. The largest absolute Gasteiger partial charge is 0.324 e. The summed E-state index contributed by atoms with van der Waals surface area (Å²) in [7, 11) is 0. The zero-order valence-corrected chi connectivity index (χ0v) is 10.5. The minimum Gasteiger partial charge on any atom is -0.324 e. The third kappa shape index (κ3) is 2.19. The van der Waals surface area contributed by atoms with Crippen LogP contribution in [0.15, 0.2) is 54.6 Å². The van der Waals surface area contributed by atoms with Crippen molar-refractivity contribution in [2.24, 2.45) is 11.7 Å². The van der Waals surface area contributed by atoms with E-state index in [1.165, 1.54) is 36.0 Å². The lowest BCUT2D eigenvalue weighted by molar-refractivity contribution is 0.264. The highest BCUT2D eigenvalue weighted by Gasteiger charge is 2.25. The number of nitrogens with two attached hydrogens (primary N) is 1. The summed E-state index contributed by atoms with van der Waals surface area (Å²) in [6.07, 6.45) is 3.92. The summed E-state index contributed by atoms with van der Waals surface area (Å²) in [6, 6.07) is 19.4. The fourth-order valence-corrected chi connectivity index (χ4v) is 2.63. The highest BCUT2D eigenvalue weighted by Crippen LogP contribution is 2.36. The van der Waals surface area contributed by atoms with Gasteiger partial charge in [0.1, 0.15) is 0 Å². The van der Waals surface area contributed by atoms with E-state index in [2.05, 4.69) is 48.5 Å². The maximum absolute atomic E-state index is 6.35. The Morgan fingerprint density at radius 3 is 2.28 bits per heavy atom. The fourth-order valence-electron chi connectivity index (χ4n) is 2.63. The van der Waals surface area contributed by atoms with E-state index in [1.54, 1.807) is 0 Å². The maximum atomic E-state index is 6.35. The van der Waals surface area contributed by atoms with E-state index in [9.17, 15) is 0 Å². The van der Waals surface area contributed by atoms with Crippen molar-refractivity contribution in [1.29, 1.82) is 0 Å². The molecule has 92 valence electrons. The number of hydrogen-bond donors (Lipinski definition) is 1. The molecule has 1 aliphatic rings. The Bertz CT molecular complexity index is 514. The van der Waals surface area contributed by atoms with Gasteiger partial charge < -0.3 is 5.73 Å². The van der Waals surface area contributed by atoms with Crippen LogP contribution in [0.5, 0.6) is 0 Å². The summed E-state index contributed by atoms with van der Waals surface area (Å²) in [5, 5.41) is 0. The molecule has 3 rings (SSSR count). The van der Waals surface area contributed by atoms with Gasteiger partial charge in [0.15, 0.2) is 0 Å². The van der Waals surface area contributed by atoms with Crippen LogP contribution in [0.3, 0.4) is 0 Å². The smallest absolute Gasteiger partial charge is 0.0323 e. The van der Waals surface area contributed by atoms with E-state index in [-0.39, 0.29) is 6.04 Å². The van der Waals surface area contributed by atoms with Crippen molar-refractivity contribution in [3.63, 3.8) is 0 Å². The van der Waals surface area contributed by atoms with E-state index in [0.29, 0.717) is 5.92 Å². The molecule has 1 fully saturated rings. The van der Waals surface area contributed by atoms with Crippen LogP contribution in [-0.2, 0) is 0 Å². The first-order valence-electron chi connectivity index (χ1n) is 6.75. The predicted octanol–water partition coefficient (Wildman–Crippen LogP) is 4.15. The summed E-state index contributed by atoms with van der Waals surface area (Å²) in [5.41, 5.74) is 10.2. The Morgan fingerprint density at radius 2 is 1.61 bits per heavy atom. The lowest BCUT2D eigenvalue weighted by atomic mass is 9.77. The summed E-state index contributed by atoms with van der Waals surface area (Å²) >= 11 is 0. The summed E-state index contributed by atoms with van der Waals surface area (Å²) in [5.74, 6) is 0.691. The average molecular weight is 237 g/mol. The van der Waals surface area contributed by atoms with Gasteiger partial charge in [-0.2, -0.15) is 0 Å². The zero-order chi connectivity index (χ0) is 12.4. The molecule has 1 heteroatoms. The lowest BCUT2D eigenvalue weighted by Gasteiger charge is -2.31. The number of hydrogen-bond acceptors (Lipinski definition) is 1. The molecule has 0 aromatic heterocycles. The van der Waals surface area contributed by atoms with Gasteiger partial charge in [-0.05, 0) is 41.5 Å². The molecular weight excluding hydrogens is 218 g/mol. The highest BCUT2D eigenvalue weighted by atomic mass is 14.7. The topological polar surface area (TPSA) is 26.0 Å². The molecule has 0 bridgehead atoms. The van der Waals surface area contributed by atoms with Crippen molar-refractivity contribution < 1.29 is 0 Å². The Kier molecular flexibility index (Phi) is 3.16. The van der Waals surface area contributed by atoms with Crippen molar-refractivity contribution in [3.8, 4) is 11.1 Å². The van der Waals surface area contributed by atoms with Crippen LogP contribution in [0.4, 0.5) is 0 Å². The van der Waals surface area contributed by atoms with Crippen molar-refractivity contribution in [2.45, 2.75) is 25.3 Å². The molecule has 2 aromatic rings. The highest BCUT2D eigenvalue weighted by molar-refractivity contribution is 5.64. The zero-order valence-electron chi connectivity index (χ0n) is 10.5. The third-order valence-electron chi connectivity index (χ3n) is 4.04. The Balaban J connectivity index is 1.89. The van der Waals surface area contributed by atoms with Gasteiger partial charge in [-0.1, -0.05) is 55.0 Å². The standard InChI is InChI=1S/C17H19N/c18-17(14-8-4-9-14)16-11-5-10-15(12-16)13-6-2-1-3-7-13/h1-3,5-7,10-12,14,17H,4,8-9,18H2/t17-/m0/s1. The van der Waals surface area contributed by atoms with Crippen LogP contribution in [0.2, 0.25) is 0 Å². The van der Waals surface area contributed by atoms with Gasteiger partial charge in [0, 0.05) is 6.04 Å². The number of benzene rings is 2. The molecule has 2 aromatic carbocycles. The van der Waals surface area contributed by atoms with Crippen molar-refractivity contribution in [2.75, 3.05) is 0 Å². The van der Waals surface area contributed by atoms with Crippen LogP contribution >= 0.6 is 0 Å². The summed E-state index contributed by atoms with van der Waals surface area (Å²) in [6.45, 7) is 0. The quantitative estimate of drug-likeness (QED) is 0.852. The van der Waals surface area contributed by atoms with Crippen molar-refractivity contribution >= 4 is 0 Å². The molecule has 18 heavy (non-hydrogen) atoms. The Labute approximate surface area is 109 Å². The monoisotopic (exact) mass is 237 g/mol. The maximum Gasteiger partial charge on any atom is 0.0323 e. The normalized spacial score (nSPS) is 17.2. The average Bonchev–Trinajstić information content (AvgIpc) is 2.38. The second-order valence-electron chi connectivity index (χ2n) is 5.21. The minimum atomic E-state index is 0.211. The first-order chi connectivity index (χ1) is 8.84. The van der Waals surface area contributed by atoms with E-state index in [4.69, 9.17) is 5.73 Å². The first kappa shape index (κ1) is 11.5. The molecule has 0 radical (unpaired) electrons. The van der Waals surface area contributed by atoms with Crippen LogP contribution < -0.4 is 5.73 Å². The SMILES string of the molecule is N[C@H](c1cccc(-c2ccccc2)c1)C1CCC1. The molecule has 2 N–H and O–H groups in total. The predicted molar refractivity (Wildman–Crippen MR) is 76.1 cm³/mol. The van der Waals surface area contributed by atoms with Gasteiger partial charge >= 0.3 is 0 Å². The molecule has 0 spiro atoms. The second kappa shape index (κ2) is 4.95. The molecular formula is C17H19N. The second-order valence-corrected chi connectivity index (χ2v) is 5.21. The minimum absolute atomic E-state index is 0.211. The molecule has 1 atom stereocenters. The van der Waals surface area contributed by atoms with Crippen LogP contribution in [-0.4, -0.2) is 0 Å². The Morgan fingerprint density at radius 1 is 0.889 bits per heavy atom. The molecule has 0 aliphatic heterocycles. The van der Waals surface area contributed by atoms with Gasteiger partial charge in [-0.25, -0.2) is 0 Å². The van der Waals surface area contributed by atoms with Crippen LogP contribution in [0, 0.1) is 5.92 Å². The molecule has 0 saturated heterocycles. The van der Waals surface area contributed by atoms with Gasteiger partial charge in [0.05, 0.1) is 0 Å². The fraction of sp³-hybridized carbons (Fsp3) is 0.294. The van der Waals surface area contributed by atoms with Gasteiger partial charge in [0.25, 0.3) is 0 Å². The van der Waals surface area contributed by atoms with Crippen LogP contribution in [0.25, 0.3) is 11.1 Å². The van der Waals surface area contributed by atoms with E-state index in [1.807, 2.05) is 6.07 Å². The van der Waals surface area contributed by atoms with Gasteiger partial charge in [-0.15, -0.1) is 0 Å². The lowest BCUT2D eigenvalue weighted by Crippen LogP contribution is -2.26. The van der Waals surface area contributed by atoms with Crippen LogP contribution in [0.1, 0.15) is 30.9 Å². The molecule has 1 aliphatic carbocycles. The molecule has 1 nitrogen and oxygen atoms in total. The molecule has 0 unspecified atom stereocenters. The Hall–Kier alpha value is -1.60.